The van der Waals surface area contributed by atoms with Crippen LogP contribution in [0.4, 0.5) is 0 Å². The number of aliphatic hydroxyl groups is 1. The van der Waals surface area contributed by atoms with Gasteiger partial charge in [-0.1, -0.05) is 30.3 Å². The summed E-state index contributed by atoms with van der Waals surface area (Å²) in [7, 11) is -3.32. The van der Waals surface area contributed by atoms with Gasteiger partial charge in [0.1, 0.15) is 0 Å². The van der Waals surface area contributed by atoms with Crippen molar-refractivity contribution in [3.63, 3.8) is 0 Å². The standard InChI is InChI=1S/C14H23NO3S/c1-14(2,15-19(17,18)12-6-11-16)10-9-13-7-4-3-5-8-13/h3-5,7-8,15-16H,6,9-12H2,1-2H3. The summed E-state index contributed by atoms with van der Waals surface area (Å²) in [4.78, 5) is 0. The molecule has 0 unspecified atom stereocenters. The second-order valence-electron chi connectivity index (χ2n) is 5.37. The van der Waals surface area contributed by atoms with Gasteiger partial charge in [0.2, 0.25) is 10.0 Å². The highest BCUT2D eigenvalue weighted by molar-refractivity contribution is 7.89. The van der Waals surface area contributed by atoms with E-state index in [1.165, 1.54) is 5.56 Å². The van der Waals surface area contributed by atoms with Gasteiger partial charge in [0.05, 0.1) is 5.75 Å². The molecule has 4 nitrogen and oxygen atoms in total. The molecule has 0 spiro atoms. The Kier molecular flexibility index (Phi) is 5.97. The molecular weight excluding hydrogens is 262 g/mol. The van der Waals surface area contributed by atoms with E-state index in [0.717, 1.165) is 12.8 Å². The van der Waals surface area contributed by atoms with Crippen molar-refractivity contribution in [2.75, 3.05) is 12.4 Å². The fourth-order valence-electron chi connectivity index (χ4n) is 1.88. The number of benzene rings is 1. The smallest absolute Gasteiger partial charge is 0.212 e. The van der Waals surface area contributed by atoms with Gasteiger partial charge in [-0.15, -0.1) is 0 Å². The first-order valence-corrected chi connectivity index (χ1v) is 8.16. The van der Waals surface area contributed by atoms with E-state index < -0.39 is 15.6 Å². The molecule has 0 atom stereocenters. The minimum Gasteiger partial charge on any atom is -0.396 e. The molecule has 0 amide bonds. The molecule has 0 saturated carbocycles. The predicted molar refractivity (Wildman–Crippen MR) is 77.5 cm³/mol. The van der Waals surface area contributed by atoms with Crippen molar-refractivity contribution in [1.29, 1.82) is 0 Å². The van der Waals surface area contributed by atoms with E-state index in [-0.39, 0.29) is 18.8 Å². The van der Waals surface area contributed by atoms with E-state index >= 15 is 0 Å². The molecule has 0 aliphatic rings. The summed E-state index contributed by atoms with van der Waals surface area (Å²) < 4.78 is 26.3. The van der Waals surface area contributed by atoms with Crippen LogP contribution in [-0.4, -0.2) is 31.4 Å². The third-order valence-electron chi connectivity index (χ3n) is 2.88. The van der Waals surface area contributed by atoms with Crippen molar-refractivity contribution >= 4 is 10.0 Å². The van der Waals surface area contributed by atoms with Crippen molar-refractivity contribution in [3.05, 3.63) is 35.9 Å². The van der Waals surface area contributed by atoms with Crippen LogP contribution >= 0.6 is 0 Å². The third-order valence-corrected chi connectivity index (χ3v) is 4.57. The Bertz CT molecular complexity index is 469. The zero-order valence-corrected chi connectivity index (χ0v) is 12.4. The Hall–Kier alpha value is -0.910. The molecule has 1 aromatic carbocycles. The summed E-state index contributed by atoms with van der Waals surface area (Å²) in [5.74, 6) is -0.0295. The first-order valence-electron chi connectivity index (χ1n) is 6.51. The van der Waals surface area contributed by atoms with Gasteiger partial charge in [-0.3, -0.25) is 0 Å². The largest absolute Gasteiger partial charge is 0.396 e. The van der Waals surface area contributed by atoms with Crippen LogP contribution in [0.15, 0.2) is 30.3 Å². The maximum atomic E-state index is 11.8. The molecule has 0 fully saturated rings. The van der Waals surface area contributed by atoms with Gasteiger partial charge >= 0.3 is 0 Å². The molecule has 0 saturated heterocycles. The molecule has 0 bridgehead atoms. The normalized spacial score (nSPS) is 12.6. The molecule has 1 aromatic rings. The molecule has 108 valence electrons. The maximum Gasteiger partial charge on any atom is 0.212 e. The Morgan fingerprint density at radius 3 is 2.42 bits per heavy atom. The molecule has 0 aliphatic heterocycles. The van der Waals surface area contributed by atoms with Crippen LogP contribution in [0.5, 0.6) is 0 Å². The second-order valence-corrected chi connectivity index (χ2v) is 7.21. The van der Waals surface area contributed by atoms with Crippen LogP contribution in [0.2, 0.25) is 0 Å². The van der Waals surface area contributed by atoms with E-state index in [0.29, 0.717) is 0 Å². The van der Waals surface area contributed by atoms with Gasteiger partial charge in [0.15, 0.2) is 0 Å². The minimum absolute atomic E-state index is 0.0295. The Balaban J connectivity index is 2.52. The lowest BCUT2D eigenvalue weighted by Gasteiger charge is -2.26. The van der Waals surface area contributed by atoms with Crippen LogP contribution in [0.3, 0.4) is 0 Å². The number of rotatable bonds is 8. The van der Waals surface area contributed by atoms with Crippen LogP contribution in [0.1, 0.15) is 32.3 Å². The molecule has 2 N–H and O–H groups in total. The summed E-state index contributed by atoms with van der Waals surface area (Å²) in [6.07, 6.45) is 1.83. The van der Waals surface area contributed by atoms with Crippen molar-refractivity contribution in [2.45, 2.75) is 38.6 Å². The molecule has 0 radical (unpaired) electrons. The number of hydrogen-bond acceptors (Lipinski definition) is 3. The van der Waals surface area contributed by atoms with Crippen LogP contribution < -0.4 is 4.72 Å². The van der Waals surface area contributed by atoms with Crippen molar-refractivity contribution in [2.24, 2.45) is 0 Å². The maximum absolute atomic E-state index is 11.8. The van der Waals surface area contributed by atoms with E-state index in [1.54, 1.807) is 0 Å². The van der Waals surface area contributed by atoms with Crippen molar-refractivity contribution < 1.29 is 13.5 Å². The quantitative estimate of drug-likeness (QED) is 0.764. The average Bonchev–Trinajstić information content (AvgIpc) is 2.34. The molecular formula is C14H23NO3S. The van der Waals surface area contributed by atoms with Gasteiger partial charge in [-0.25, -0.2) is 13.1 Å². The van der Waals surface area contributed by atoms with Gasteiger partial charge < -0.3 is 5.11 Å². The summed E-state index contributed by atoms with van der Waals surface area (Å²) in [6.45, 7) is 3.66. The number of nitrogens with one attached hydrogen (secondary N) is 1. The zero-order valence-electron chi connectivity index (χ0n) is 11.6. The molecule has 1 rings (SSSR count). The van der Waals surface area contributed by atoms with Gasteiger partial charge in [-0.2, -0.15) is 0 Å². The first kappa shape index (κ1) is 16.1. The van der Waals surface area contributed by atoms with Crippen LogP contribution in [0.25, 0.3) is 0 Å². The highest BCUT2D eigenvalue weighted by Crippen LogP contribution is 2.15. The predicted octanol–water partition coefficient (Wildman–Crippen LogP) is 1.70. The second kappa shape index (κ2) is 7.03. The number of sulfonamides is 1. The van der Waals surface area contributed by atoms with Gasteiger partial charge in [0.25, 0.3) is 0 Å². The highest BCUT2D eigenvalue weighted by atomic mass is 32.2. The number of aliphatic hydroxyl groups excluding tert-OH is 1. The first-order chi connectivity index (χ1) is 8.85. The summed E-state index contributed by atoms with van der Waals surface area (Å²) in [6, 6.07) is 10.0. The Morgan fingerprint density at radius 2 is 1.84 bits per heavy atom. The molecule has 19 heavy (non-hydrogen) atoms. The summed E-state index contributed by atoms with van der Waals surface area (Å²) in [5.41, 5.74) is 0.717. The van der Waals surface area contributed by atoms with E-state index in [4.69, 9.17) is 5.11 Å². The third kappa shape index (κ3) is 6.71. The SMILES string of the molecule is CC(C)(CCc1ccccc1)NS(=O)(=O)CCCO. The fourth-order valence-corrected chi connectivity index (χ4v) is 3.43. The Morgan fingerprint density at radius 1 is 1.21 bits per heavy atom. The summed E-state index contributed by atoms with van der Waals surface area (Å²) >= 11 is 0. The Labute approximate surface area is 115 Å². The number of aryl methyl sites for hydroxylation is 1. The van der Waals surface area contributed by atoms with E-state index in [1.807, 2.05) is 44.2 Å². The van der Waals surface area contributed by atoms with Crippen molar-refractivity contribution in [3.8, 4) is 0 Å². The van der Waals surface area contributed by atoms with Gasteiger partial charge in [-0.05, 0) is 38.7 Å². The van der Waals surface area contributed by atoms with E-state index in [2.05, 4.69) is 4.72 Å². The summed E-state index contributed by atoms with van der Waals surface area (Å²) in [5, 5.41) is 8.69. The van der Waals surface area contributed by atoms with E-state index in [9.17, 15) is 8.42 Å². The van der Waals surface area contributed by atoms with Crippen LogP contribution in [0, 0.1) is 0 Å². The van der Waals surface area contributed by atoms with Gasteiger partial charge in [0, 0.05) is 12.1 Å². The lowest BCUT2D eigenvalue weighted by Crippen LogP contribution is -2.44. The zero-order chi connectivity index (χ0) is 14.4. The lowest BCUT2D eigenvalue weighted by atomic mass is 9.97. The highest BCUT2D eigenvalue weighted by Gasteiger charge is 2.24. The molecule has 5 heteroatoms. The topological polar surface area (TPSA) is 66.4 Å². The molecule has 0 heterocycles. The van der Waals surface area contributed by atoms with Crippen LogP contribution in [-0.2, 0) is 16.4 Å². The lowest BCUT2D eigenvalue weighted by molar-refractivity contribution is 0.294. The minimum atomic E-state index is -3.32. The molecule has 0 aromatic heterocycles. The average molecular weight is 285 g/mol. The van der Waals surface area contributed by atoms with Crippen molar-refractivity contribution in [1.82, 2.24) is 4.72 Å². The monoisotopic (exact) mass is 285 g/mol. The fraction of sp³-hybridized carbons (Fsp3) is 0.571. The number of hydrogen-bond donors (Lipinski definition) is 2. The molecule has 0 aliphatic carbocycles.